The molecule has 0 bridgehead atoms. The maximum absolute atomic E-state index is 5.94. The quantitative estimate of drug-likeness (QED) is 0.901. The van der Waals surface area contributed by atoms with Gasteiger partial charge in [-0.15, -0.1) is 0 Å². The maximum atomic E-state index is 5.94. The molecule has 1 aromatic rings. The fraction of sp³-hybridized carbons (Fsp3) is 0.562. The number of aliphatic imine (C=N–C) groups is 1. The minimum absolute atomic E-state index is 0.777. The molecule has 3 heteroatoms. The lowest BCUT2D eigenvalue weighted by Crippen LogP contribution is -2.21. The van der Waals surface area contributed by atoms with Crippen LogP contribution in [0.25, 0.3) is 0 Å². The summed E-state index contributed by atoms with van der Waals surface area (Å²) in [6.07, 6.45) is 6.04. The predicted octanol–water partition coefficient (Wildman–Crippen LogP) is 2.70. The van der Waals surface area contributed by atoms with Crippen molar-refractivity contribution in [1.82, 2.24) is 5.32 Å². The molecule has 0 fully saturated rings. The Hall–Kier alpha value is -1.51. The Bertz CT molecular complexity index is 494. The number of nitrogens with zero attached hydrogens (tertiary/aromatic N) is 1. The molecule has 0 amide bonds. The molecule has 0 saturated carbocycles. The Morgan fingerprint density at radius 1 is 1.21 bits per heavy atom. The van der Waals surface area contributed by atoms with Crippen molar-refractivity contribution in [1.29, 1.82) is 0 Å². The summed E-state index contributed by atoms with van der Waals surface area (Å²) in [5.41, 5.74) is 4.12. The monoisotopic (exact) mass is 258 g/mol. The van der Waals surface area contributed by atoms with E-state index in [9.17, 15) is 0 Å². The first kappa shape index (κ1) is 12.5. The van der Waals surface area contributed by atoms with Gasteiger partial charge in [0.2, 0.25) is 0 Å². The Balaban J connectivity index is 1.98. The van der Waals surface area contributed by atoms with Crippen LogP contribution in [0, 0.1) is 0 Å². The van der Waals surface area contributed by atoms with Crippen LogP contribution in [-0.2, 0) is 12.8 Å². The van der Waals surface area contributed by atoms with Crippen molar-refractivity contribution in [3.05, 3.63) is 28.8 Å². The highest BCUT2D eigenvalue weighted by molar-refractivity contribution is 6.02. The van der Waals surface area contributed by atoms with E-state index in [1.54, 1.807) is 0 Å². The summed E-state index contributed by atoms with van der Waals surface area (Å²) in [6.45, 7) is 4.74. The van der Waals surface area contributed by atoms with Crippen LogP contribution >= 0.6 is 0 Å². The van der Waals surface area contributed by atoms with Crippen LogP contribution < -0.4 is 10.1 Å². The van der Waals surface area contributed by atoms with Gasteiger partial charge in [0, 0.05) is 6.54 Å². The molecule has 0 atom stereocenters. The average molecular weight is 258 g/mol. The molecule has 2 aliphatic rings. The summed E-state index contributed by atoms with van der Waals surface area (Å²) in [5, 5.41) is 3.37. The molecule has 102 valence electrons. The number of hydrogen-bond acceptors (Lipinski definition) is 3. The molecule has 3 rings (SSSR count). The Kier molecular flexibility index (Phi) is 3.72. The third-order valence-corrected chi connectivity index (χ3v) is 3.84. The van der Waals surface area contributed by atoms with E-state index in [4.69, 9.17) is 4.74 Å². The number of hydrogen-bond donors (Lipinski definition) is 1. The summed E-state index contributed by atoms with van der Waals surface area (Å²) < 4.78 is 5.94. The second kappa shape index (κ2) is 5.64. The Morgan fingerprint density at radius 2 is 2.00 bits per heavy atom. The smallest absolute Gasteiger partial charge is 0.132 e. The summed E-state index contributed by atoms with van der Waals surface area (Å²) in [7, 11) is 0. The van der Waals surface area contributed by atoms with Crippen LogP contribution in [0.3, 0.4) is 0 Å². The van der Waals surface area contributed by atoms with Gasteiger partial charge in [-0.1, -0.05) is 6.92 Å². The van der Waals surface area contributed by atoms with Gasteiger partial charge < -0.3 is 10.1 Å². The molecular formula is C16H22N2O. The van der Waals surface area contributed by atoms with Crippen LogP contribution in [0.4, 0.5) is 0 Å². The second-order valence-corrected chi connectivity index (χ2v) is 5.33. The summed E-state index contributed by atoms with van der Waals surface area (Å²) in [4.78, 5) is 4.55. The van der Waals surface area contributed by atoms with Crippen LogP contribution in [0.15, 0.2) is 17.1 Å². The van der Waals surface area contributed by atoms with Crippen molar-refractivity contribution in [3.63, 3.8) is 0 Å². The predicted molar refractivity (Wildman–Crippen MR) is 78.3 cm³/mol. The molecule has 0 saturated heterocycles. The molecule has 19 heavy (non-hydrogen) atoms. The van der Waals surface area contributed by atoms with E-state index in [-0.39, 0.29) is 0 Å². The minimum atomic E-state index is 0.777. The summed E-state index contributed by atoms with van der Waals surface area (Å²) >= 11 is 0. The number of ether oxygens (including phenoxy) is 1. The normalized spacial score (nSPS) is 17.6. The van der Waals surface area contributed by atoms with Crippen molar-refractivity contribution < 1.29 is 4.74 Å². The first-order valence-corrected chi connectivity index (χ1v) is 7.46. The molecule has 1 aliphatic heterocycles. The van der Waals surface area contributed by atoms with Gasteiger partial charge in [0.15, 0.2) is 0 Å². The minimum Gasteiger partial charge on any atom is -0.493 e. The maximum Gasteiger partial charge on any atom is 0.132 e. The van der Waals surface area contributed by atoms with Crippen LogP contribution in [0.2, 0.25) is 0 Å². The van der Waals surface area contributed by atoms with E-state index in [2.05, 4.69) is 29.4 Å². The third kappa shape index (κ3) is 2.60. The molecule has 0 unspecified atom stereocenters. The van der Waals surface area contributed by atoms with Crippen LogP contribution in [0.1, 0.15) is 42.9 Å². The molecule has 0 aromatic heterocycles. The summed E-state index contributed by atoms with van der Waals surface area (Å²) in [5.74, 6) is 2.02. The lowest BCUT2D eigenvalue weighted by Gasteiger charge is -2.20. The number of rotatable bonds is 4. The van der Waals surface area contributed by atoms with Crippen LogP contribution in [0.5, 0.6) is 5.75 Å². The number of benzene rings is 1. The highest BCUT2D eigenvalue weighted by Crippen LogP contribution is 2.30. The van der Waals surface area contributed by atoms with Gasteiger partial charge >= 0.3 is 0 Å². The highest BCUT2D eigenvalue weighted by atomic mass is 16.5. The van der Waals surface area contributed by atoms with Crippen molar-refractivity contribution in [3.8, 4) is 5.75 Å². The van der Waals surface area contributed by atoms with Crippen LogP contribution in [-0.4, -0.2) is 25.5 Å². The summed E-state index contributed by atoms with van der Waals surface area (Å²) in [6, 6.07) is 4.55. The van der Waals surface area contributed by atoms with Gasteiger partial charge in [0.05, 0.1) is 18.7 Å². The van der Waals surface area contributed by atoms with Gasteiger partial charge in [-0.05, 0) is 55.4 Å². The fourth-order valence-corrected chi connectivity index (χ4v) is 2.86. The SMILES string of the molecule is CCCOc1cc2c(cc1C1=NCCN1)CCCC2. The zero-order chi connectivity index (χ0) is 13.1. The number of nitrogens with one attached hydrogen (secondary N) is 1. The molecule has 1 N–H and O–H groups in total. The number of amidine groups is 1. The van der Waals surface area contributed by atoms with E-state index >= 15 is 0 Å². The van der Waals surface area contributed by atoms with Crippen molar-refractivity contribution in [2.75, 3.05) is 19.7 Å². The van der Waals surface area contributed by atoms with Gasteiger partial charge in [0.1, 0.15) is 11.6 Å². The average Bonchev–Trinajstić information content (AvgIpc) is 2.98. The fourth-order valence-electron chi connectivity index (χ4n) is 2.86. The van der Waals surface area contributed by atoms with E-state index in [1.165, 1.54) is 36.8 Å². The molecule has 0 spiro atoms. The topological polar surface area (TPSA) is 33.6 Å². The molecule has 1 aliphatic carbocycles. The zero-order valence-electron chi connectivity index (χ0n) is 11.7. The van der Waals surface area contributed by atoms with E-state index in [0.29, 0.717) is 0 Å². The van der Waals surface area contributed by atoms with Crippen molar-refractivity contribution in [2.24, 2.45) is 4.99 Å². The van der Waals surface area contributed by atoms with E-state index < -0.39 is 0 Å². The highest BCUT2D eigenvalue weighted by Gasteiger charge is 2.18. The zero-order valence-corrected chi connectivity index (χ0v) is 11.7. The molecule has 0 radical (unpaired) electrons. The standard InChI is InChI=1S/C16H22N2O/c1-2-9-19-15-11-13-6-4-3-5-12(13)10-14(15)16-17-7-8-18-16/h10-11H,2-9H2,1H3,(H,17,18). The lowest BCUT2D eigenvalue weighted by atomic mass is 9.89. The van der Waals surface area contributed by atoms with Gasteiger partial charge in [-0.3, -0.25) is 4.99 Å². The van der Waals surface area contributed by atoms with Gasteiger partial charge in [-0.25, -0.2) is 0 Å². The largest absolute Gasteiger partial charge is 0.493 e. The third-order valence-electron chi connectivity index (χ3n) is 3.84. The second-order valence-electron chi connectivity index (χ2n) is 5.33. The molecule has 1 aromatic carbocycles. The van der Waals surface area contributed by atoms with E-state index in [1.807, 2.05) is 0 Å². The van der Waals surface area contributed by atoms with Crippen molar-refractivity contribution >= 4 is 5.84 Å². The van der Waals surface area contributed by atoms with Crippen molar-refractivity contribution in [2.45, 2.75) is 39.0 Å². The number of aryl methyl sites for hydroxylation is 2. The molecule has 3 nitrogen and oxygen atoms in total. The van der Waals surface area contributed by atoms with Gasteiger partial charge in [0.25, 0.3) is 0 Å². The number of fused-ring (bicyclic) bond motifs is 1. The molecular weight excluding hydrogens is 236 g/mol. The Morgan fingerprint density at radius 3 is 2.68 bits per heavy atom. The van der Waals surface area contributed by atoms with E-state index in [0.717, 1.165) is 43.3 Å². The lowest BCUT2D eigenvalue weighted by molar-refractivity contribution is 0.316. The Labute approximate surface area is 115 Å². The van der Waals surface area contributed by atoms with Gasteiger partial charge in [-0.2, -0.15) is 0 Å². The first-order valence-electron chi connectivity index (χ1n) is 7.46. The first-order chi connectivity index (χ1) is 9.38. The molecule has 1 heterocycles.